The molecule has 2 aromatic rings. The molecular weight excluding hydrogens is 366 g/mol. The van der Waals surface area contributed by atoms with Gasteiger partial charge >= 0.3 is 5.97 Å². The van der Waals surface area contributed by atoms with Crippen LogP contribution in [0.5, 0.6) is 0 Å². The highest BCUT2D eigenvalue weighted by atomic mass is 16.5. The Kier molecular flexibility index (Phi) is 4.69. The molecule has 0 spiro atoms. The quantitative estimate of drug-likeness (QED) is 0.582. The van der Waals surface area contributed by atoms with Gasteiger partial charge in [0.2, 0.25) is 0 Å². The standard InChI is InChI=1S/C24H23NO4/c1-3-23(14-16-10-6-4-7-11-16)20(26)18-15-25-24(22(28)29-2,19(18)21(23)27)17-12-8-5-9-13-17/h4-13,15,18-19H,3,14H2,1-2H3/t18-,19+,23+,24+/m1/s1. The Morgan fingerprint density at radius 2 is 1.62 bits per heavy atom. The van der Waals surface area contributed by atoms with E-state index in [9.17, 15) is 14.4 Å². The fourth-order valence-electron chi connectivity index (χ4n) is 4.93. The maximum atomic E-state index is 13.9. The molecule has 1 heterocycles. The summed E-state index contributed by atoms with van der Waals surface area (Å²) in [6.45, 7) is 1.86. The number of carbonyl (C=O) groups is 3. The van der Waals surface area contributed by atoms with Crippen molar-refractivity contribution in [3.63, 3.8) is 0 Å². The Hall–Kier alpha value is -3.08. The van der Waals surface area contributed by atoms with Gasteiger partial charge in [0.25, 0.3) is 0 Å². The molecule has 2 aromatic carbocycles. The molecule has 0 radical (unpaired) electrons. The Morgan fingerprint density at radius 1 is 1.00 bits per heavy atom. The van der Waals surface area contributed by atoms with E-state index < -0.39 is 28.8 Å². The lowest BCUT2D eigenvalue weighted by atomic mass is 9.71. The second kappa shape index (κ2) is 7.07. The number of rotatable bonds is 5. The van der Waals surface area contributed by atoms with Crippen molar-refractivity contribution in [1.82, 2.24) is 0 Å². The highest BCUT2D eigenvalue weighted by Gasteiger charge is 2.69. The molecule has 5 heteroatoms. The maximum Gasteiger partial charge on any atom is 0.339 e. The molecule has 4 atom stereocenters. The molecule has 2 aliphatic rings. The van der Waals surface area contributed by atoms with Crippen LogP contribution in [0.2, 0.25) is 0 Å². The minimum Gasteiger partial charge on any atom is -0.467 e. The maximum absolute atomic E-state index is 13.9. The summed E-state index contributed by atoms with van der Waals surface area (Å²) in [5.41, 5.74) is -1.17. The smallest absolute Gasteiger partial charge is 0.339 e. The van der Waals surface area contributed by atoms with Gasteiger partial charge in [-0.1, -0.05) is 67.6 Å². The van der Waals surface area contributed by atoms with E-state index in [-0.39, 0.29) is 11.6 Å². The molecule has 0 amide bonds. The third kappa shape index (κ3) is 2.60. The number of methoxy groups -OCH3 is 1. The second-order valence-corrected chi connectivity index (χ2v) is 7.73. The van der Waals surface area contributed by atoms with Crippen molar-refractivity contribution in [1.29, 1.82) is 0 Å². The van der Waals surface area contributed by atoms with E-state index in [2.05, 4.69) is 4.99 Å². The Bertz CT molecular complexity index is 984. The van der Waals surface area contributed by atoms with Crippen molar-refractivity contribution in [2.45, 2.75) is 25.3 Å². The van der Waals surface area contributed by atoms with Crippen LogP contribution in [-0.2, 0) is 31.1 Å². The zero-order valence-corrected chi connectivity index (χ0v) is 16.5. The molecule has 1 aliphatic carbocycles. The number of ether oxygens (including phenoxy) is 1. The molecule has 0 N–H and O–H groups in total. The number of hydrogen-bond acceptors (Lipinski definition) is 5. The Labute approximate surface area is 169 Å². The number of esters is 1. The molecule has 1 aliphatic heterocycles. The number of hydrogen-bond donors (Lipinski definition) is 0. The Morgan fingerprint density at radius 3 is 2.21 bits per heavy atom. The number of aliphatic imine (C=N–C) groups is 1. The molecule has 29 heavy (non-hydrogen) atoms. The molecule has 0 aromatic heterocycles. The largest absolute Gasteiger partial charge is 0.467 e. The van der Waals surface area contributed by atoms with Gasteiger partial charge in [0, 0.05) is 6.21 Å². The van der Waals surface area contributed by atoms with E-state index in [1.54, 1.807) is 24.3 Å². The van der Waals surface area contributed by atoms with E-state index in [1.165, 1.54) is 13.3 Å². The normalized spacial score (nSPS) is 30.4. The molecule has 0 unspecified atom stereocenters. The zero-order valence-electron chi connectivity index (χ0n) is 16.5. The molecule has 4 rings (SSSR count). The number of Topliss-reactive ketones (excluding diaryl/α,β-unsaturated/α-hetero) is 2. The van der Waals surface area contributed by atoms with Crippen LogP contribution < -0.4 is 0 Å². The van der Waals surface area contributed by atoms with Crippen molar-refractivity contribution in [2.75, 3.05) is 7.11 Å². The summed E-state index contributed by atoms with van der Waals surface area (Å²) in [6.07, 6.45) is 2.21. The summed E-state index contributed by atoms with van der Waals surface area (Å²) in [4.78, 5) is 44.8. The lowest BCUT2D eigenvalue weighted by Crippen LogP contribution is -2.46. The van der Waals surface area contributed by atoms with Crippen LogP contribution in [-0.4, -0.2) is 30.9 Å². The van der Waals surface area contributed by atoms with Crippen molar-refractivity contribution in [3.8, 4) is 0 Å². The number of ketones is 2. The van der Waals surface area contributed by atoms with Crippen LogP contribution in [0, 0.1) is 17.3 Å². The fourth-order valence-corrected chi connectivity index (χ4v) is 4.93. The highest BCUT2D eigenvalue weighted by Crippen LogP contribution is 2.54. The van der Waals surface area contributed by atoms with Crippen molar-refractivity contribution >= 4 is 23.8 Å². The van der Waals surface area contributed by atoms with Crippen LogP contribution in [0.25, 0.3) is 0 Å². The number of fused-ring (bicyclic) bond motifs is 1. The van der Waals surface area contributed by atoms with E-state index >= 15 is 0 Å². The average molecular weight is 389 g/mol. The number of nitrogens with zero attached hydrogens (tertiary/aromatic N) is 1. The third-order valence-corrected chi connectivity index (χ3v) is 6.44. The summed E-state index contributed by atoms with van der Waals surface area (Å²) >= 11 is 0. The minimum absolute atomic E-state index is 0.149. The van der Waals surface area contributed by atoms with Crippen LogP contribution in [0.1, 0.15) is 24.5 Å². The first-order chi connectivity index (χ1) is 14.0. The fraction of sp³-hybridized carbons (Fsp3) is 0.333. The van der Waals surface area contributed by atoms with Crippen LogP contribution in [0.3, 0.4) is 0 Å². The molecule has 0 saturated heterocycles. The molecule has 1 fully saturated rings. The molecular formula is C24H23NO4. The predicted octanol–water partition coefficient (Wildman–Crippen LogP) is 3.16. The van der Waals surface area contributed by atoms with Gasteiger partial charge in [0.05, 0.1) is 24.4 Å². The predicted molar refractivity (Wildman–Crippen MR) is 108 cm³/mol. The summed E-state index contributed by atoms with van der Waals surface area (Å²) in [5.74, 6) is -2.57. The van der Waals surface area contributed by atoms with Gasteiger partial charge in [-0.2, -0.15) is 0 Å². The van der Waals surface area contributed by atoms with Crippen molar-refractivity contribution in [3.05, 3.63) is 71.8 Å². The summed E-state index contributed by atoms with van der Waals surface area (Å²) in [6, 6.07) is 18.5. The van der Waals surface area contributed by atoms with Gasteiger partial charge in [-0.3, -0.25) is 14.6 Å². The first kappa shape index (κ1) is 19.2. The van der Waals surface area contributed by atoms with Crippen LogP contribution >= 0.6 is 0 Å². The monoisotopic (exact) mass is 389 g/mol. The lowest BCUT2D eigenvalue weighted by Gasteiger charge is -2.32. The third-order valence-electron chi connectivity index (χ3n) is 6.44. The summed E-state index contributed by atoms with van der Waals surface area (Å²) < 4.78 is 5.09. The number of benzene rings is 2. The number of carbonyl (C=O) groups excluding carboxylic acids is 3. The summed E-state index contributed by atoms with van der Waals surface area (Å²) in [7, 11) is 1.29. The first-order valence-electron chi connectivity index (χ1n) is 9.83. The van der Waals surface area contributed by atoms with Crippen LogP contribution in [0.15, 0.2) is 65.7 Å². The van der Waals surface area contributed by atoms with E-state index in [0.717, 1.165) is 5.56 Å². The van der Waals surface area contributed by atoms with Crippen LogP contribution in [0.4, 0.5) is 0 Å². The summed E-state index contributed by atoms with van der Waals surface area (Å²) in [5, 5.41) is 0. The van der Waals surface area contributed by atoms with E-state index in [4.69, 9.17) is 4.74 Å². The average Bonchev–Trinajstić information content (AvgIpc) is 3.26. The highest BCUT2D eigenvalue weighted by molar-refractivity contribution is 6.23. The van der Waals surface area contributed by atoms with E-state index in [1.807, 2.05) is 43.3 Å². The second-order valence-electron chi connectivity index (χ2n) is 7.73. The van der Waals surface area contributed by atoms with Gasteiger partial charge in [0.15, 0.2) is 17.1 Å². The first-order valence-corrected chi connectivity index (χ1v) is 9.83. The van der Waals surface area contributed by atoms with Gasteiger partial charge < -0.3 is 4.74 Å². The molecule has 148 valence electrons. The topological polar surface area (TPSA) is 72.8 Å². The van der Waals surface area contributed by atoms with Gasteiger partial charge in [-0.25, -0.2) is 4.79 Å². The van der Waals surface area contributed by atoms with Crippen molar-refractivity contribution in [2.24, 2.45) is 22.2 Å². The zero-order chi connectivity index (χ0) is 20.6. The Balaban J connectivity index is 1.84. The van der Waals surface area contributed by atoms with Gasteiger partial charge in [-0.15, -0.1) is 0 Å². The SMILES string of the molecule is CC[C@@]1(Cc2ccccc2)C(=O)[C@@H]2[C@@H](C=N[C@@]2(C(=O)OC)c2ccccc2)C1=O. The van der Waals surface area contributed by atoms with Gasteiger partial charge in [0.1, 0.15) is 0 Å². The van der Waals surface area contributed by atoms with Crippen molar-refractivity contribution < 1.29 is 19.1 Å². The van der Waals surface area contributed by atoms with Gasteiger partial charge in [-0.05, 0) is 24.0 Å². The molecule has 0 bridgehead atoms. The molecule has 1 saturated carbocycles. The van der Waals surface area contributed by atoms with E-state index in [0.29, 0.717) is 18.4 Å². The lowest BCUT2D eigenvalue weighted by molar-refractivity contribution is -0.152. The molecule has 5 nitrogen and oxygen atoms in total. The minimum atomic E-state index is -1.51.